The summed E-state index contributed by atoms with van der Waals surface area (Å²) < 4.78 is 0. The first-order chi connectivity index (χ1) is 10.3. The fourth-order valence-electron chi connectivity index (χ4n) is 2.30. The summed E-state index contributed by atoms with van der Waals surface area (Å²) in [7, 11) is 0. The summed E-state index contributed by atoms with van der Waals surface area (Å²) in [5, 5.41) is 13.4. The van der Waals surface area contributed by atoms with Crippen LogP contribution in [0, 0.1) is 0 Å². The van der Waals surface area contributed by atoms with E-state index in [1.54, 1.807) is 0 Å². The van der Waals surface area contributed by atoms with Gasteiger partial charge < -0.3 is 16.2 Å². The molecule has 2 aromatic carbocycles. The predicted octanol–water partition coefficient (Wildman–Crippen LogP) is 2.71. The fourth-order valence-corrected chi connectivity index (χ4v) is 2.30. The molecule has 0 bridgehead atoms. The lowest BCUT2D eigenvalue weighted by Crippen LogP contribution is -2.43. The lowest BCUT2D eigenvalue weighted by molar-refractivity contribution is 0.142. The van der Waals surface area contributed by atoms with E-state index in [-0.39, 0.29) is 44.4 Å². The molecule has 2 atom stereocenters. The Balaban J connectivity index is 0. The zero-order valence-corrected chi connectivity index (χ0v) is 16.2. The standard InChI is InChI=1S/C18H24N2O.2ClH.H2S/c19-17(13-16-9-5-2-6-10-16)18(21)14-20-12-11-15-7-3-1-4-8-15;;;/h1-10,17-18,20-21H,11-14,19H2;2*1H;1H2/t17-,18+;;;/m1.../s1. The number of nitrogens with one attached hydrogen (secondary N) is 1. The summed E-state index contributed by atoms with van der Waals surface area (Å²) >= 11 is 0. The molecule has 0 aliphatic rings. The first kappa shape index (κ1) is 25.5. The van der Waals surface area contributed by atoms with Gasteiger partial charge in [-0.3, -0.25) is 0 Å². The molecular weight excluding hydrogens is 363 g/mol. The van der Waals surface area contributed by atoms with Gasteiger partial charge in [0, 0.05) is 12.6 Å². The highest BCUT2D eigenvalue weighted by Gasteiger charge is 2.14. The first-order valence-electron chi connectivity index (χ1n) is 7.48. The van der Waals surface area contributed by atoms with Gasteiger partial charge in [-0.1, -0.05) is 60.7 Å². The second-order valence-corrected chi connectivity index (χ2v) is 5.36. The van der Waals surface area contributed by atoms with Crippen LogP contribution in [-0.4, -0.2) is 30.3 Å². The van der Waals surface area contributed by atoms with Crippen LogP contribution in [0.25, 0.3) is 0 Å². The SMILES string of the molecule is Cl.Cl.N[C@H](Cc1ccccc1)[C@@H](O)CNCCc1ccccc1.S. The molecule has 6 heteroatoms. The summed E-state index contributed by atoms with van der Waals surface area (Å²) in [6.45, 7) is 1.37. The van der Waals surface area contributed by atoms with Crippen molar-refractivity contribution in [3.8, 4) is 0 Å². The van der Waals surface area contributed by atoms with E-state index in [0.29, 0.717) is 13.0 Å². The van der Waals surface area contributed by atoms with E-state index in [1.807, 2.05) is 48.5 Å². The summed E-state index contributed by atoms with van der Waals surface area (Å²) in [5.41, 5.74) is 8.51. The average Bonchev–Trinajstić information content (AvgIpc) is 2.53. The van der Waals surface area contributed by atoms with Crippen LogP contribution in [-0.2, 0) is 12.8 Å². The van der Waals surface area contributed by atoms with Crippen LogP contribution in [0.2, 0.25) is 0 Å². The normalized spacial score (nSPS) is 12.1. The Kier molecular flexibility index (Phi) is 15.5. The first-order valence-corrected chi connectivity index (χ1v) is 7.48. The van der Waals surface area contributed by atoms with Gasteiger partial charge in [0.1, 0.15) is 0 Å². The van der Waals surface area contributed by atoms with Crippen molar-refractivity contribution in [3.05, 3.63) is 71.8 Å². The molecule has 2 rings (SSSR count). The van der Waals surface area contributed by atoms with Crippen LogP contribution in [0.1, 0.15) is 11.1 Å². The number of nitrogens with two attached hydrogens (primary N) is 1. The molecule has 0 aliphatic heterocycles. The van der Waals surface area contributed by atoms with Crippen molar-refractivity contribution >= 4 is 38.3 Å². The van der Waals surface area contributed by atoms with Gasteiger partial charge in [-0.05, 0) is 30.5 Å². The van der Waals surface area contributed by atoms with E-state index >= 15 is 0 Å². The van der Waals surface area contributed by atoms with Gasteiger partial charge in [0.25, 0.3) is 0 Å². The van der Waals surface area contributed by atoms with E-state index < -0.39 is 6.10 Å². The number of hydrogen-bond donors (Lipinski definition) is 3. The molecule has 0 unspecified atom stereocenters. The number of halogens is 2. The van der Waals surface area contributed by atoms with Crippen molar-refractivity contribution in [2.45, 2.75) is 25.0 Å². The van der Waals surface area contributed by atoms with Crippen LogP contribution < -0.4 is 11.1 Å². The lowest BCUT2D eigenvalue weighted by Gasteiger charge is -2.19. The van der Waals surface area contributed by atoms with E-state index in [1.165, 1.54) is 5.56 Å². The second kappa shape index (κ2) is 14.6. The Bertz CT molecular complexity index is 517. The molecule has 0 saturated carbocycles. The van der Waals surface area contributed by atoms with E-state index in [4.69, 9.17) is 5.73 Å². The Morgan fingerprint density at radius 2 is 1.38 bits per heavy atom. The summed E-state index contributed by atoms with van der Waals surface area (Å²) in [4.78, 5) is 0. The van der Waals surface area contributed by atoms with E-state index in [0.717, 1.165) is 18.5 Å². The molecule has 4 N–H and O–H groups in total. The Labute approximate surface area is 164 Å². The largest absolute Gasteiger partial charge is 0.390 e. The van der Waals surface area contributed by atoms with Gasteiger partial charge in [0.05, 0.1) is 6.10 Å². The van der Waals surface area contributed by atoms with Crippen LogP contribution in [0.15, 0.2) is 60.7 Å². The van der Waals surface area contributed by atoms with Crippen molar-refractivity contribution < 1.29 is 5.11 Å². The lowest BCUT2D eigenvalue weighted by atomic mass is 10.0. The molecule has 0 fully saturated rings. The number of rotatable bonds is 8. The quantitative estimate of drug-likeness (QED) is 0.607. The van der Waals surface area contributed by atoms with Crippen LogP contribution in [0.5, 0.6) is 0 Å². The van der Waals surface area contributed by atoms with Gasteiger partial charge >= 0.3 is 0 Å². The minimum Gasteiger partial charge on any atom is -0.390 e. The summed E-state index contributed by atoms with van der Waals surface area (Å²) in [6.07, 6.45) is 1.13. The minimum absolute atomic E-state index is 0. The van der Waals surface area contributed by atoms with E-state index in [2.05, 4.69) is 17.4 Å². The molecule has 0 aromatic heterocycles. The molecule has 136 valence electrons. The van der Waals surface area contributed by atoms with Gasteiger partial charge in [0.2, 0.25) is 0 Å². The molecular formula is C18H28Cl2N2OS. The highest BCUT2D eigenvalue weighted by molar-refractivity contribution is 7.59. The van der Waals surface area contributed by atoms with Crippen molar-refractivity contribution in [3.63, 3.8) is 0 Å². The molecule has 3 nitrogen and oxygen atoms in total. The third kappa shape index (κ3) is 9.52. The number of benzene rings is 2. The topological polar surface area (TPSA) is 58.3 Å². The summed E-state index contributed by atoms with van der Waals surface area (Å²) in [5.74, 6) is 0. The van der Waals surface area contributed by atoms with Crippen LogP contribution >= 0.6 is 38.3 Å². The molecule has 0 radical (unpaired) electrons. The number of hydrogen-bond acceptors (Lipinski definition) is 3. The Morgan fingerprint density at radius 3 is 1.92 bits per heavy atom. The molecule has 0 amide bonds. The Morgan fingerprint density at radius 1 is 0.875 bits per heavy atom. The third-order valence-electron chi connectivity index (χ3n) is 3.60. The molecule has 2 aromatic rings. The molecule has 0 spiro atoms. The highest BCUT2D eigenvalue weighted by Crippen LogP contribution is 2.04. The highest BCUT2D eigenvalue weighted by atomic mass is 35.5. The van der Waals surface area contributed by atoms with Crippen LogP contribution in [0.3, 0.4) is 0 Å². The van der Waals surface area contributed by atoms with E-state index in [9.17, 15) is 5.11 Å². The summed E-state index contributed by atoms with van der Waals surface area (Å²) in [6, 6.07) is 20.1. The fraction of sp³-hybridized carbons (Fsp3) is 0.333. The van der Waals surface area contributed by atoms with Crippen molar-refractivity contribution in [2.75, 3.05) is 13.1 Å². The maximum Gasteiger partial charge on any atom is 0.0818 e. The molecule has 0 heterocycles. The zero-order chi connectivity index (χ0) is 14.9. The van der Waals surface area contributed by atoms with Crippen LogP contribution in [0.4, 0.5) is 0 Å². The monoisotopic (exact) mass is 390 g/mol. The average molecular weight is 391 g/mol. The molecule has 0 aliphatic carbocycles. The molecule has 24 heavy (non-hydrogen) atoms. The minimum atomic E-state index is -0.527. The maximum absolute atomic E-state index is 10.1. The third-order valence-corrected chi connectivity index (χ3v) is 3.60. The second-order valence-electron chi connectivity index (χ2n) is 5.36. The van der Waals surface area contributed by atoms with Gasteiger partial charge in [-0.25, -0.2) is 0 Å². The van der Waals surface area contributed by atoms with Gasteiger partial charge in [0.15, 0.2) is 0 Å². The van der Waals surface area contributed by atoms with Crippen molar-refractivity contribution in [1.82, 2.24) is 5.32 Å². The molecule has 0 saturated heterocycles. The smallest absolute Gasteiger partial charge is 0.0818 e. The van der Waals surface area contributed by atoms with Gasteiger partial charge in [-0.2, -0.15) is 13.5 Å². The van der Waals surface area contributed by atoms with Crippen molar-refractivity contribution in [1.29, 1.82) is 0 Å². The number of aliphatic hydroxyl groups is 1. The number of aliphatic hydroxyl groups excluding tert-OH is 1. The zero-order valence-electron chi connectivity index (χ0n) is 13.6. The predicted molar refractivity (Wildman–Crippen MR) is 112 cm³/mol. The van der Waals surface area contributed by atoms with Gasteiger partial charge in [-0.15, -0.1) is 24.8 Å². The van der Waals surface area contributed by atoms with Crippen molar-refractivity contribution in [2.24, 2.45) is 5.73 Å². The Hall–Kier alpha value is -0.750. The maximum atomic E-state index is 10.1.